The Morgan fingerprint density at radius 3 is 2.08 bits per heavy atom. The van der Waals surface area contributed by atoms with Crippen LogP contribution in [0.25, 0.3) is 0 Å². The first-order valence-electron chi connectivity index (χ1n) is 10.8. The van der Waals surface area contributed by atoms with Gasteiger partial charge in [-0.15, -0.1) is 0 Å². The van der Waals surface area contributed by atoms with Crippen LogP contribution in [0.5, 0.6) is 0 Å². The maximum atomic E-state index is 14.8. The number of aliphatic hydroxyl groups is 1. The third-order valence-electron chi connectivity index (χ3n) is 5.27. The van der Waals surface area contributed by atoms with E-state index in [9.17, 15) is 43.5 Å². The highest BCUT2D eigenvalue weighted by atomic mass is 31.2. The highest BCUT2D eigenvalue weighted by Crippen LogP contribution is 2.52. The second-order valence-electron chi connectivity index (χ2n) is 7.97. The summed E-state index contributed by atoms with van der Waals surface area (Å²) in [5.74, 6) is -6.04. The zero-order valence-corrected chi connectivity index (χ0v) is 20.6. The summed E-state index contributed by atoms with van der Waals surface area (Å²) in [7, 11) is -4.80. The normalized spacial score (nSPS) is 20.5. The van der Waals surface area contributed by atoms with Gasteiger partial charge in [-0.3, -0.25) is 38.4 Å². The zero-order chi connectivity index (χ0) is 29.2. The third-order valence-corrected chi connectivity index (χ3v) is 6.62. The van der Waals surface area contributed by atoms with E-state index in [1.165, 1.54) is 0 Å². The van der Waals surface area contributed by atoms with Gasteiger partial charge < -0.3 is 24.4 Å². The van der Waals surface area contributed by atoms with Crippen molar-refractivity contribution in [2.45, 2.75) is 37.6 Å². The number of nitro groups is 2. The summed E-state index contributed by atoms with van der Waals surface area (Å²) >= 11 is 0. The molecule has 216 valence electrons. The van der Waals surface area contributed by atoms with Crippen LogP contribution in [0, 0.1) is 20.2 Å². The molecular formula is C19H18F2N5O13P. The van der Waals surface area contributed by atoms with Gasteiger partial charge in [-0.1, -0.05) is 0 Å². The van der Waals surface area contributed by atoms with Crippen LogP contribution in [0.15, 0.2) is 50.2 Å². The first-order chi connectivity index (χ1) is 18.8. The minimum absolute atomic E-state index is 0.202. The lowest BCUT2D eigenvalue weighted by Gasteiger charge is -2.21. The summed E-state index contributed by atoms with van der Waals surface area (Å²) in [5, 5.41) is 31.8. The second-order valence-corrected chi connectivity index (χ2v) is 9.64. The van der Waals surface area contributed by atoms with Gasteiger partial charge in [-0.05, 0) is 18.2 Å². The molecule has 0 unspecified atom stereocenters. The zero-order valence-electron chi connectivity index (χ0n) is 19.7. The van der Waals surface area contributed by atoms with E-state index in [2.05, 4.69) is 4.98 Å². The topological polar surface area (TPSA) is 248 Å². The number of nitrogens with zero attached hydrogens (tertiary/aromatic N) is 4. The number of nitrogens with two attached hydrogens (primary N) is 1. The summed E-state index contributed by atoms with van der Waals surface area (Å²) in [4.78, 5) is 35.3. The first-order valence-corrected chi connectivity index (χ1v) is 12.3. The van der Waals surface area contributed by atoms with E-state index in [0.29, 0.717) is 4.57 Å². The molecule has 3 aromatic rings. The number of phosphoric acid groups is 1. The average Bonchev–Trinajstić information content (AvgIpc) is 3.61. The van der Waals surface area contributed by atoms with Crippen molar-refractivity contribution < 1.29 is 55.4 Å². The fourth-order valence-electron chi connectivity index (χ4n) is 3.36. The van der Waals surface area contributed by atoms with Gasteiger partial charge in [0.25, 0.3) is 0 Å². The SMILES string of the molecule is Nc1ccn([C@@H]2O[C@H](COP(=O)(OCc3ccc([N+](=O)[O-])o3)OCc3ccc([N+](=O)[O-])o3)[C@@H](O)C2(F)F)c(=O)n1. The molecule has 4 heterocycles. The molecule has 1 saturated heterocycles. The van der Waals surface area contributed by atoms with Crippen LogP contribution in [0.2, 0.25) is 0 Å². The Labute approximate surface area is 219 Å². The number of anilines is 1. The summed E-state index contributed by atoms with van der Waals surface area (Å²) in [6, 6.07) is 5.24. The van der Waals surface area contributed by atoms with Crippen molar-refractivity contribution in [1.29, 1.82) is 0 Å². The van der Waals surface area contributed by atoms with Crippen molar-refractivity contribution in [3.05, 3.63) is 78.8 Å². The molecule has 0 aliphatic carbocycles. The number of hydrogen-bond donors (Lipinski definition) is 2. The molecule has 1 aliphatic heterocycles. The lowest BCUT2D eigenvalue weighted by atomic mass is 10.1. The highest BCUT2D eigenvalue weighted by Gasteiger charge is 2.60. The number of phosphoric ester groups is 1. The Bertz CT molecular complexity index is 1450. The van der Waals surface area contributed by atoms with Crippen molar-refractivity contribution in [3.8, 4) is 0 Å². The fourth-order valence-corrected chi connectivity index (χ4v) is 4.48. The van der Waals surface area contributed by atoms with E-state index < -0.39 is 79.3 Å². The molecule has 18 nitrogen and oxygen atoms in total. The van der Waals surface area contributed by atoms with Gasteiger partial charge in [0.05, 0.1) is 18.7 Å². The molecule has 0 radical (unpaired) electrons. The number of rotatable bonds is 12. The predicted molar refractivity (Wildman–Crippen MR) is 122 cm³/mol. The third kappa shape index (κ3) is 6.22. The fraction of sp³-hybridized carbons (Fsp3) is 0.368. The molecule has 0 spiro atoms. The minimum Gasteiger partial charge on any atom is -0.403 e. The number of ether oxygens (including phenoxy) is 1. The van der Waals surface area contributed by atoms with Gasteiger partial charge in [0, 0.05) is 6.20 Å². The number of aromatic nitrogens is 2. The molecule has 3 atom stereocenters. The van der Waals surface area contributed by atoms with Crippen molar-refractivity contribution >= 4 is 25.4 Å². The second kappa shape index (κ2) is 11.2. The van der Waals surface area contributed by atoms with E-state index >= 15 is 0 Å². The highest BCUT2D eigenvalue weighted by molar-refractivity contribution is 7.48. The van der Waals surface area contributed by atoms with Gasteiger partial charge in [0.15, 0.2) is 6.10 Å². The summed E-state index contributed by atoms with van der Waals surface area (Å²) in [6.45, 7) is -2.51. The van der Waals surface area contributed by atoms with Gasteiger partial charge in [0.2, 0.25) is 6.23 Å². The standard InChI is InChI=1S/C19H18F2N5O13P/c20-19(21)16(27)12(39-17(19)24-6-5-13(22)23-18(24)28)9-36-40(33,34-7-10-1-3-14(37-10)25(29)30)35-8-11-2-4-15(38-11)26(31)32/h1-6,12,16-17,27H,7-9H2,(H2,22,23,28)/t12-,16-,17-/m1/s1. The molecule has 3 aromatic heterocycles. The molecule has 0 saturated carbocycles. The van der Waals surface area contributed by atoms with Crippen LogP contribution in [-0.2, 0) is 36.1 Å². The average molecular weight is 593 g/mol. The van der Waals surface area contributed by atoms with Crippen molar-refractivity contribution in [3.63, 3.8) is 0 Å². The Balaban J connectivity index is 1.49. The van der Waals surface area contributed by atoms with Crippen LogP contribution in [-0.4, -0.2) is 49.2 Å². The molecule has 1 aliphatic rings. The monoisotopic (exact) mass is 593 g/mol. The molecule has 40 heavy (non-hydrogen) atoms. The maximum absolute atomic E-state index is 14.8. The summed E-state index contributed by atoms with van der Waals surface area (Å²) in [5.41, 5.74) is 4.16. The molecule has 1 fully saturated rings. The number of furan rings is 2. The van der Waals surface area contributed by atoms with E-state index in [1.807, 2.05) is 0 Å². The van der Waals surface area contributed by atoms with E-state index in [4.69, 9.17) is 32.9 Å². The Hall–Kier alpha value is -4.07. The Morgan fingerprint density at radius 1 is 1.05 bits per heavy atom. The van der Waals surface area contributed by atoms with Crippen molar-refractivity contribution in [2.75, 3.05) is 12.3 Å². The largest absolute Gasteiger partial charge is 0.475 e. The predicted octanol–water partition coefficient (Wildman–Crippen LogP) is 2.28. The van der Waals surface area contributed by atoms with Gasteiger partial charge in [0.1, 0.15) is 46.5 Å². The number of halogens is 2. The van der Waals surface area contributed by atoms with E-state index in [0.717, 1.165) is 36.5 Å². The number of aliphatic hydroxyl groups excluding tert-OH is 1. The van der Waals surface area contributed by atoms with Gasteiger partial charge >= 0.3 is 31.2 Å². The van der Waals surface area contributed by atoms with Crippen LogP contribution < -0.4 is 11.4 Å². The van der Waals surface area contributed by atoms with E-state index in [1.54, 1.807) is 0 Å². The smallest absolute Gasteiger partial charge is 0.403 e. The van der Waals surface area contributed by atoms with Crippen molar-refractivity contribution in [2.24, 2.45) is 0 Å². The number of nitrogen functional groups attached to an aromatic ring is 1. The molecule has 0 amide bonds. The molecular weight excluding hydrogens is 575 g/mol. The molecule has 0 aromatic carbocycles. The molecule has 3 N–H and O–H groups in total. The lowest BCUT2D eigenvalue weighted by Crippen LogP contribution is -2.42. The van der Waals surface area contributed by atoms with E-state index in [-0.39, 0.29) is 17.3 Å². The first kappa shape index (κ1) is 28.9. The number of hydrogen-bond acceptors (Lipinski definition) is 15. The van der Waals surface area contributed by atoms with Crippen LogP contribution in [0.3, 0.4) is 0 Å². The lowest BCUT2D eigenvalue weighted by molar-refractivity contribution is -0.402. The van der Waals surface area contributed by atoms with Gasteiger partial charge in [-0.25, -0.2) is 9.36 Å². The molecule has 21 heteroatoms. The maximum Gasteiger partial charge on any atom is 0.475 e. The Kier molecular flexibility index (Phi) is 8.10. The quantitative estimate of drug-likeness (QED) is 0.174. The van der Waals surface area contributed by atoms with Crippen LogP contribution in [0.4, 0.5) is 26.4 Å². The van der Waals surface area contributed by atoms with Gasteiger partial charge in [-0.2, -0.15) is 13.8 Å². The van der Waals surface area contributed by atoms with Crippen LogP contribution in [0.1, 0.15) is 17.7 Å². The van der Waals surface area contributed by atoms with Crippen LogP contribution >= 0.6 is 7.82 Å². The molecule has 0 bridgehead atoms. The summed E-state index contributed by atoms with van der Waals surface area (Å²) < 4.78 is 73.4. The summed E-state index contributed by atoms with van der Waals surface area (Å²) in [6.07, 6.45) is -5.93. The minimum atomic E-state index is -4.80. The molecule has 4 rings (SSSR count). The number of alkyl halides is 2. The Morgan fingerprint density at radius 2 is 1.60 bits per heavy atom. The van der Waals surface area contributed by atoms with Crippen molar-refractivity contribution in [1.82, 2.24) is 9.55 Å².